The van der Waals surface area contributed by atoms with Gasteiger partial charge in [0.2, 0.25) is 0 Å². The van der Waals surface area contributed by atoms with Crippen LogP contribution in [0.4, 0.5) is 0 Å². The number of aromatic hydroxyl groups is 1. The number of nitrogens with zero attached hydrogens (tertiary/aromatic N) is 1. The Morgan fingerprint density at radius 3 is 2.62 bits per heavy atom. The maximum Gasteiger partial charge on any atom is 0.271 e. The van der Waals surface area contributed by atoms with Crippen LogP contribution in [-0.4, -0.2) is 17.2 Å². The lowest BCUT2D eigenvalue weighted by Crippen LogP contribution is -2.17. The summed E-state index contributed by atoms with van der Waals surface area (Å²) in [5, 5.41) is 19.2. The first-order chi connectivity index (χ1) is 15.5. The number of phenols is 1. The van der Waals surface area contributed by atoms with Crippen LogP contribution in [0.25, 0.3) is 10.8 Å². The third-order valence-corrected chi connectivity index (χ3v) is 5.34. The van der Waals surface area contributed by atoms with Crippen molar-refractivity contribution in [2.75, 3.05) is 0 Å². The molecule has 32 heavy (non-hydrogen) atoms. The molecule has 0 radical (unpaired) electrons. The normalized spacial score (nSPS) is 11.3. The van der Waals surface area contributed by atoms with Crippen LogP contribution in [0.5, 0.6) is 5.75 Å². The fourth-order valence-corrected chi connectivity index (χ4v) is 3.61. The summed E-state index contributed by atoms with van der Waals surface area (Å²) in [5.41, 5.74) is 4.84. The van der Waals surface area contributed by atoms with Gasteiger partial charge >= 0.3 is 0 Å². The Morgan fingerprint density at radius 2 is 1.88 bits per heavy atom. The number of rotatable bonds is 7. The molecule has 1 aromatic heterocycles. The van der Waals surface area contributed by atoms with Crippen LogP contribution in [0, 0.1) is 6.92 Å². The number of phenolic OH excluding ortho intramolecular Hbond substituents is 1. The highest BCUT2D eigenvalue weighted by atomic mass is 35.5. The van der Waals surface area contributed by atoms with Crippen molar-refractivity contribution in [1.29, 1.82) is 0 Å². The monoisotopic (exact) mass is 447 g/mol. The first kappa shape index (κ1) is 21.6. The molecule has 3 N–H and O–H groups in total. The number of nitrogens with one attached hydrogen (secondary N) is 2. The lowest BCUT2D eigenvalue weighted by Gasteiger charge is -2.10. The predicted molar refractivity (Wildman–Crippen MR) is 126 cm³/mol. The van der Waals surface area contributed by atoms with Gasteiger partial charge in [-0.25, -0.2) is 5.43 Å². The molecule has 0 aliphatic rings. The maximum atomic E-state index is 12.3. The standard InChI is InChI=1S/C25H22ClN3O3/c1-16-6-10-20(32-16)15-27-13-18-7-8-19(22-5-3-2-4-21(18)22)14-28-29-25(31)17-9-11-24(30)23(26)12-17/h2-12,14,27,30H,13,15H2,1H3,(H,29,31). The fourth-order valence-electron chi connectivity index (χ4n) is 3.43. The summed E-state index contributed by atoms with van der Waals surface area (Å²) < 4.78 is 5.60. The fraction of sp³-hybridized carbons (Fsp3) is 0.120. The number of fused-ring (bicyclic) bond motifs is 1. The summed E-state index contributed by atoms with van der Waals surface area (Å²) in [6.07, 6.45) is 1.62. The van der Waals surface area contributed by atoms with Gasteiger partial charge < -0.3 is 14.8 Å². The summed E-state index contributed by atoms with van der Waals surface area (Å²) in [6, 6.07) is 20.3. The topological polar surface area (TPSA) is 86.9 Å². The first-order valence-corrected chi connectivity index (χ1v) is 10.5. The Morgan fingerprint density at radius 1 is 1.06 bits per heavy atom. The van der Waals surface area contributed by atoms with Crippen molar-refractivity contribution in [2.24, 2.45) is 5.10 Å². The van der Waals surface area contributed by atoms with Crippen molar-refractivity contribution in [2.45, 2.75) is 20.0 Å². The van der Waals surface area contributed by atoms with E-state index < -0.39 is 5.91 Å². The molecular weight excluding hydrogens is 426 g/mol. The number of carbonyl (C=O) groups excluding carboxylic acids is 1. The smallest absolute Gasteiger partial charge is 0.271 e. The van der Waals surface area contributed by atoms with E-state index in [0.717, 1.165) is 33.4 Å². The highest BCUT2D eigenvalue weighted by molar-refractivity contribution is 6.32. The first-order valence-electron chi connectivity index (χ1n) is 10.1. The molecule has 0 fully saturated rings. The van der Waals surface area contributed by atoms with Crippen LogP contribution in [0.3, 0.4) is 0 Å². The average Bonchev–Trinajstić information content (AvgIpc) is 3.21. The van der Waals surface area contributed by atoms with Crippen LogP contribution in [0.1, 0.15) is 33.0 Å². The van der Waals surface area contributed by atoms with E-state index in [1.165, 1.54) is 18.2 Å². The number of hydrazone groups is 1. The number of halogens is 1. The molecular formula is C25H22ClN3O3. The van der Waals surface area contributed by atoms with Crippen molar-refractivity contribution < 1.29 is 14.3 Å². The average molecular weight is 448 g/mol. The second kappa shape index (κ2) is 9.68. The van der Waals surface area contributed by atoms with Gasteiger partial charge in [-0.1, -0.05) is 48.0 Å². The molecule has 0 unspecified atom stereocenters. The molecule has 3 aromatic carbocycles. The Kier molecular flexibility index (Phi) is 6.54. The van der Waals surface area contributed by atoms with Gasteiger partial charge in [0.25, 0.3) is 5.91 Å². The molecule has 1 amide bonds. The SMILES string of the molecule is Cc1ccc(CNCc2ccc(C=NNC(=O)c3ccc(O)c(Cl)c3)c3ccccc23)o1. The summed E-state index contributed by atoms with van der Waals surface area (Å²) >= 11 is 5.86. The number of aryl methyl sites for hydroxylation is 1. The minimum absolute atomic E-state index is 0.0768. The Bertz CT molecular complexity index is 1300. The summed E-state index contributed by atoms with van der Waals surface area (Å²) in [4.78, 5) is 12.3. The number of hydrogen-bond donors (Lipinski definition) is 3. The summed E-state index contributed by atoms with van der Waals surface area (Å²) in [6.45, 7) is 3.27. The van der Waals surface area contributed by atoms with Crippen LogP contribution >= 0.6 is 11.6 Å². The zero-order valence-corrected chi connectivity index (χ0v) is 18.2. The largest absolute Gasteiger partial charge is 0.506 e. The highest BCUT2D eigenvalue weighted by Gasteiger charge is 2.08. The van der Waals surface area contributed by atoms with Gasteiger partial charge in [0.15, 0.2) is 0 Å². The van der Waals surface area contributed by atoms with Crippen molar-refractivity contribution in [3.05, 3.63) is 100.0 Å². The molecule has 162 valence electrons. The Labute approximate surface area is 190 Å². The van der Waals surface area contributed by atoms with Gasteiger partial charge in [0.05, 0.1) is 17.8 Å². The molecule has 6 nitrogen and oxygen atoms in total. The highest BCUT2D eigenvalue weighted by Crippen LogP contribution is 2.24. The van der Waals surface area contributed by atoms with E-state index in [4.69, 9.17) is 16.0 Å². The molecule has 0 spiro atoms. The molecule has 4 aromatic rings. The van der Waals surface area contributed by atoms with Crippen molar-refractivity contribution in [1.82, 2.24) is 10.7 Å². The van der Waals surface area contributed by atoms with Gasteiger partial charge in [0, 0.05) is 17.7 Å². The number of hydrogen-bond acceptors (Lipinski definition) is 5. The van der Waals surface area contributed by atoms with Gasteiger partial charge in [-0.15, -0.1) is 0 Å². The predicted octanol–water partition coefficient (Wildman–Crippen LogP) is 5.15. The minimum atomic E-state index is -0.415. The maximum absolute atomic E-state index is 12.3. The van der Waals surface area contributed by atoms with Crippen molar-refractivity contribution in [3.8, 4) is 5.75 Å². The third kappa shape index (κ3) is 4.99. The quantitative estimate of drug-likeness (QED) is 0.270. The van der Waals surface area contributed by atoms with Gasteiger partial charge in [-0.3, -0.25) is 4.79 Å². The second-order valence-corrected chi connectivity index (χ2v) is 7.75. The Hall–Kier alpha value is -3.61. The number of furan rings is 1. The molecule has 0 aliphatic heterocycles. The Balaban J connectivity index is 1.46. The van der Waals surface area contributed by atoms with E-state index in [-0.39, 0.29) is 10.8 Å². The molecule has 0 aliphatic carbocycles. The number of benzene rings is 3. The van der Waals surface area contributed by atoms with E-state index in [1.54, 1.807) is 6.21 Å². The third-order valence-electron chi connectivity index (χ3n) is 5.04. The number of carbonyl (C=O) groups is 1. The van der Waals surface area contributed by atoms with Gasteiger partial charge in [-0.05, 0) is 53.6 Å². The van der Waals surface area contributed by atoms with Crippen LogP contribution in [0.2, 0.25) is 5.02 Å². The molecule has 1 heterocycles. The number of amides is 1. The van der Waals surface area contributed by atoms with E-state index in [0.29, 0.717) is 18.7 Å². The van der Waals surface area contributed by atoms with Crippen LogP contribution < -0.4 is 10.7 Å². The lowest BCUT2D eigenvalue weighted by atomic mass is 10.00. The molecule has 0 saturated carbocycles. The molecule has 7 heteroatoms. The van der Waals surface area contributed by atoms with Crippen LogP contribution in [0.15, 0.2) is 76.2 Å². The van der Waals surface area contributed by atoms with Gasteiger partial charge in [-0.2, -0.15) is 5.10 Å². The lowest BCUT2D eigenvalue weighted by molar-refractivity contribution is 0.0955. The molecule has 0 atom stereocenters. The van der Waals surface area contributed by atoms with E-state index >= 15 is 0 Å². The summed E-state index contributed by atoms with van der Waals surface area (Å²) in [5.74, 6) is 1.31. The van der Waals surface area contributed by atoms with Crippen LogP contribution in [-0.2, 0) is 13.1 Å². The van der Waals surface area contributed by atoms with E-state index in [9.17, 15) is 9.90 Å². The van der Waals surface area contributed by atoms with Crippen molar-refractivity contribution in [3.63, 3.8) is 0 Å². The summed E-state index contributed by atoms with van der Waals surface area (Å²) in [7, 11) is 0. The van der Waals surface area contributed by atoms with Crippen molar-refractivity contribution >= 4 is 34.5 Å². The second-order valence-electron chi connectivity index (χ2n) is 7.34. The van der Waals surface area contributed by atoms with E-state index in [1.807, 2.05) is 49.4 Å². The zero-order chi connectivity index (χ0) is 22.5. The molecule has 0 saturated heterocycles. The van der Waals surface area contributed by atoms with E-state index in [2.05, 4.69) is 21.9 Å². The zero-order valence-electron chi connectivity index (χ0n) is 17.4. The van der Waals surface area contributed by atoms with Gasteiger partial charge in [0.1, 0.15) is 17.3 Å². The minimum Gasteiger partial charge on any atom is -0.506 e. The molecule has 0 bridgehead atoms. The molecule has 4 rings (SSSR count).